The minimum absolute atomic E-state index is 0.00153. The Morgan fingerprint density at radius 2 is 2.00 bits per heavy atom. The van der Waals surface area contributed by atoms with E-state index in [-0.39, 0.29) is 11.9 Å². The fraction of sp³-hybridized carbons (Fsp3) is 0.286. The first-order valence-electron chi connectivity index (χ1n) is 8.79. The first-order valence-corrected chi connectivity index (χ1v) is 8.79. The molecule has 0 fully saturated rings. The monoisotopic (exact) mass is 374 g/mol. The summed E-state index contributed by atoms with van der Waals surface area (Å²) in [5.74, 6) is -0.257. The first kappa shape index (κ1) is 19.0. The highest BCUT2D eigenvalue weighted by molar-refractivity contribution is 5.86. The molecule has 0 saturated heterocycles. The van der Waals surface area contributed by atoms with Gasteiger partial charge < -0.3 is 10.2 Å². The number of fused-ring (bicyclic) bond motifs is 1. The average molecular weight is 374 g/mol. The Balaban J connectivity index is 1.88. The molecule has 0 bridgehead atoms. The number of halogens is 3. The summed E-state index contributed by atoms with van der Waals surface area (Å²) in [6.45, 7) is 4.21. The number of benzene rings is 2. The molecule has 0 aliphatic carbocycles. The summed E-state index contributed by atoms with van der Waals surface area (Å²) >= 11 is 0. The van der Waals surface area contributed by atoms with Crippen LogP contribution in [0.5, 0.6) is 0 Å². The zero-order valence-electron chi connectivity index (χ0n) is 14.8. The van der Waals surface area contributed by atoms with Crippen LogP contribution in [0.3, 0.4) is 0 Å². The van der Waals surface area contributed by atoms with Crippen LogP contribution in [0, 0.1) is 0 Å². The van der Waals surface area contributed by atoms with Crippen LogP contribution in [0.25, 0.3) is 0 Å². The summed E-state index contributed by atoms with van der Waals surface area (Å²) in [6.07, 6.45) is -1.47. The zero-order valence-corrected chi connectivity index (χ0v) is 14.8. The first-order chi connectivity index (χ1) is 12.9. The van der Waals surface area contributed by atoms with Crippen molar-refractivity contribution in [2.24, 2.45) is 0 Å². The fourth-order valence-corrected chi connectivity index (χ4v) is 3.44. The summed E-state index contributed by atoms with van der Waals surface area (Å²) in [5.41, 5.74) is 2.10. The Morgan fingerprint density at radius 1 is 1.22 bits per heavy atom. The van der Waals surface area contributed by atoms with Gasteiger partial charge in [0.1, 0.15) is 0 Å². The molecule has 2 aromatic carbocycles. The summed E-state index contributed by atoms with van der Waals surface area (Å²) in [6, 6.07) is 13.3. The van der Waals surface area contributed by atoms with Gasteiger partial charge in [-0.15, -0.1) is 0 Å². The molecule has 0 spiro atoms. The molecule has 1 heterocycles. The molecule has 0 aromatic heterocycles. The number of nitrogens with one attached hydrogen (secondary N) is 1. The highest BCUT2D eigenvalue weighted by atomic mass is 19.4. The standard InChI is InChI=1S/C21H21F3N2O/c1-2-20(27)25-13-18-11-10-16-7-3-4-9-19(16)26(18)14-15-6-5-8-17(12-15)21(22,23)24/h2-9,12,18H,1,10-11,13-14H2,(H,25,27). The molecule has 142 valence electrons. The number of carbonyl (C=O) groups is 1. The molecule has 0 radical (unpaired) electrons. The second-order valence-corrected chi connectivity index (χ2v) is 6.60. The van der Waals surface area contributed by atoms with E-state index in [1.807, 2.05) is 24.3 Å². The smallest absolute Gasteiger partial charge is 0.362 e. The number of carbonyl (C=O) groups excluding carboxylic acids is 1. The zero-order chi connectivity index (χ0) is 19.4. The third kappa shape index (κ3) is 4.51. The number of hydrogen-bond donors (Lipinski definition) is 1. The predicted molar refractivity (Wildman–Crippen MR) is 99.4 cm³/mol. The molecule has 1 amide bonds. The minimum Gasteiger partial charge on any atom is -0.362 e. The van der Waals surface area contributed by atoms with E-state index in [9.17, 15) is 18.0 Å². The maximum Gasteiger partial charge on any atom is 0.416 e. The van der Waals surface area contributed by atoms with Gasteiger partial charge in [0.05, 0.1) is 5.56 Å². The Hall–Kier alpha value is -2.76. The van der Waals surface area contributed by atoms with Crippen LogP contribution in [-0.4, -0.2) is 18.5 Å². The van der Waals surface area contributed by atoms with Gasteiger partial charge in [0.15, 0.2) is 0 Å². The molecular weight excluding hydrogens is 353 g/mol. The summed E-state index contributed by atoms with van der Waals surface area (Å²) < 4.78 is 39.1. The van der Waals surface area contributed by atoms with Crippen LogP contribution in [0.2, 0.25) is 0 Å². The molecular formula is C21H21F3N2O. The Labute approximate surface area is 156 Å². The number of anilines is 1. The van der Waals surface area contributed by atoms with Crippen molar-refractivity contribution in [3.05, 3.63) is 77.9 Å². The van der Waals surface area contributed by atoms with Gasteiger partial charge in [0.2, 0.25) is 5.91 Å². The number of amides is 1. The van der Waals surface area contributed by atoms with Crippen molar-refractivity contribution in [1.82, 2.24) is 5.32 Å². The van der Waals surface area contributed by atoms with Gasteiger partial charge in [-0.25, -0.2) is 0 Å². The lowest BCUT2D eigenvalue weighted by atomic mass is 9.94. The van der Waals surface area contributed by atoms with Crippen molar-refractivity contribution < 1.29 is 18.0 Å². The number of alkyl halides is 3. The Morgan fingerprint density at radius 3 is 2.74 bits per heavy atom. The van der Waals surface area contributed by atoms with E-state index < -0.39 is 11.7 Å². The van der Waals surface area contributed by atoms with E-state index in [2.05, 4.69) is 16.8 Å². The van der Waals surface area contributed by atoms with Crippen LogP contribution in [0.15, 0.2) is 61.2 Å². The normalized spacial score (nSPS) is 16.6. The van der Waals surface area contributed by atoms with E-state index in [0.717, 1.165) is 30.2 Å². The lowest BCUT2D eigenvalue weighted by Crippen LogP contribution is -2.46. The minimum atomic E-state index is -4.37. The van der Waals surface area contributed by atoms with Crippen LogP contribution >= 0.6 is 0 Å². The number of aryl methyl sites for hydroxylation is 1. The Kier molecular flexibility index (Phi) is 5.54. The molecule has 27 heavy (non-hydrogen) atoms. The van der Waals surface area contributed by atoms with Gasteiger partial charge in [-0.2, -0.15) is 13.2 Å². The Bertz CT molecular complexity index is 832. The average Bonchev–Trinajstić information content (AvgIpc) is 2.66. The number of hydrogen-bond acceptors (Lipinski definition) is 2. The number of rotatable bonds is 5. The van der Waals surface area contributed by atoms with Gasteiger partial charge in [0, 0.05) is 24.8 Å². The van der Waals surface area contributed by atoms with Crippen LogP contribution < -0.4 is 10.2 Å². The summed E-state index contributed by atoms with van der Waals surface area (Å²) in [7, 11) is 0. The van der Waals surface area contributed by atoms with E-state index in [4.69, 9.17) is 0 Å². The molecule has 1 aliphatic heterocycles. The summed E-state index contributed by atoms with van der Waals surface area (Å²) in [4.78, 5) is 13.6. The van der Waals surface area contributed by atoms with Crippen molar-refractivity contribution >= 4 is 11.6 Å². The highest BCUT2D eigenvalue weighted by Gasteiger charge is 2.31. The molecule has 0 saturated carbocycles. The molecule has 1 unspecified atom stereocenters. The maximum atomic E-state index is 13.0. The quantitative estimate of drug-likeness (QED) is 0.790. The third-order valence-electron chi connectivity index (χ3n) is 4.79. The second-order valence-electron chi connectivity index (χ2n) is 6.60. The topological polar surface area (TPSA) is 32.3 Å². The molecule has 6 heteroatoms. The van der Waals surface area contributed by atoms with Gasteiger partial charge >= 0.3 is 6.18 Å². The molecule has 3 rings (SSSR count). The van der Waals surface area contributed by atoms with Crippen LogP contribution in [0.4, 0.5) is 18.9 Å². The third-order valence-corrected chi connectivity index (χ3v) is 4.79. The second kappa shape index (κ2) is 7.86. The van der Waals surface area contributed by atoms with Crippen molar-refractivity contribution in [2.45, 2.75) is 31.6 Å². The van der Waals surface area contributed by atoms with E-state index in [1.165, 1.54) is 18.2 Å². The van der Waals surface area contributed by atoms with Crippen molar-refractivity contribution in [1.29, 1.82) is 0 Å². The van der Waals surface area contributed by atoms with Crippen molar-refractivity contribution in [3.8, 4) is 0 Å². The van der Waals surface area contributed by atoms with E-state index >= 15 is 0 Å². The molecule has 3 nitrogen and oxygen atoms in total. The molecule has 1 atom stereocenters. The lowest BCUT2D eigenvalue weighted by molar-refractivity contribution is -0.137. The number of nitrogens with zero attached hydrogens (tertiary/aromatic N) is 1. The summed E-state index contributed by atoms with van der Waals surface area (Å²) in [5, 5.41) is 2.81. The maximum absolute atomic E-state index is 13.0. The molecule has 1 N–H and O–H groups in total. The van der Waals surface area contributed by atoms with E-state index in [0.29, 0.717) is 18.7 Å². The largest absolute Gasteiger partial charge is 0.416 e. The van der Waals surface area contributed by atoms with Crippen LogP contribution in [-0.2, 0) is 23.9 Å². The van der Waals surface area contributed by atoms with Crippen LogP contribution in [0.1, 0.15) is 23.1 Å². The van der Waals surface area contributed by atoms with Crippen molar-refractivity contribution in [2.75, 3.05) is 11.4 Å². The predicted octanol–water partition coefficient (Wildman–Crippen LogP) is 4.33. The van der Waals surface area contributed by atoms with Gasteiger partial charge in [-0.05, 0) is 48.2 Å². The van der Waals surface area contributed by atoms with E-state index in [1.54, 1.807) is 6.07 Å². The SMILES string of the molecule is C=CC(=O)NCC1CCc2ccccc2N1Cc1cccc(C(F)(F)F)c1. The fourth-order valence-electron chi connectivity index (χ4n) is 3.44. The number of para-hydroxylation sites is 1. The lowest BCUT2D eigenvalue weighted by Gasteiger charge is -2.39. The molecule has 2 aromatic rings. The van der Waals surface area contributed by atoms with Crippen molar-refractivity contribution in [3.63, 3.8) is 0 Å². The van der Waals surface area contributed by atoms with Gasteiger partial charge in [-0.1, -0.05) is 36.9 Å². The van der Waals surface area contributed by atoms with Gasteiger partial charge in [0.25, 0.3) is 0 Å². The van der Waals surface area contributed by atoms with Gasteiger partial charge in [-0.3, -0.25) is 4.79 Å². The molecule has 1 aliphatic rings. The highest BCUT2D eigenvalue weighted by Crippen LogP contribution is 2.33.